The summed E-state index contributed by atoms with van der Waals surface area (Å²) in [6, 6.07) is 8.74. The van der Waals surface area contributed by atoms with Crippen molar-refractivity contribution in [3.63, 3.8) is 0 Å². The number of carbonyl (C=O) groups is 1. The van der Waals surface area contributed by atoms with Crippen molar-refractivity contribution in [1.82, 2.24) is 30.1 Å². The molecule has 38 heavy (non-hydrogen) atoms. The number of nitrogens with zero attached hydrogens (tertiary/aromatic N) is 5. The van der Waals surface area contributed by atoms with E-state index in [1.54, 1.807) is 46.0 Å². The van der Waals surface area contributed by atoms with Crippen LogP contribution in [0.2, 0.25) is 0 Å². The average molecular weight is 526 g/mol. The predicted octanol–water partition coefficient (Wildman–Crippen LogP) is 5.10. The molecule has 0 saturated heterocycles. The van der Waals surface area contributed by atoms with Gasteiger partial charge in [-0.15, -0.1) is 5.10 Å². The predicted molar refractivity (Wildman–Crippen MR) is 139 cm³/mol. The van der Waals surface area contributed by atoms with Crippen molar-refractivity contribution in [1.29, 1.82) is 0 Å². The second-order valence-corrected chi connectivity index (χ2v) is 9.25. The number of benzene rings is 2. The highest BCUT2D eigenvalue weighted by atomic mass is 19.4. The fourth-order valence-corrected chi connectivity index (χ4v) is 4.16. The molecule has 0 aliphatic heterocycles. The van der Waals surface area contributed by atoms with Crippen molar-refractivity contribution in [2.75, 3.05) is 18.9 Å². The van der Waals surface area contributed by atoms with Gasteiger partial charge in [0.2, 0.25) is 0 Å². The summed E-state index contributed by atoms with van der Waals surface area (Å²) in [5.41, 5.74) is 4.02. The quantitative estimate of drug-likeness (QED) is 0.297. The third-order valence-electron chi connectivity index (χ3n) is 6.44. The Labute approximate surface area is 218 Å². The Balaban J connectivity index is 1.58. The van der Waals surface area contributed by atoms with Crippen LogP contribution in [0.1, 0.15) is 45.6 Å². The molecule has 2 heterocycles. The van der Waals surface area contributed by atoms with Crippen LogP contribution in [0.25, 0.3) is 16.9 Å². The smallest absolute Gasteiger partial charge is 0.322 e. The van der Waals surface area contributed by atoms with Gasteiger partial charge in [0, 0.05) is 29.6 Å². The van der Waals surface area contributed by atoms with Crippen LogP contribution >= 0.6 is 0 Å². The van der Waals surface area contributed by atoms with Crippen molar-refractivity contribution < 1.29 is 18.0 Å². The van der Waals surface area contributed by atoms with E-state index in [4.69, 9.17) is 0 Å². The number of nitrogens with one attached hydrogen (secondary N) is 2. The fourth-order valence-electron chi connectivity index (χ4n) is 4.16. The van der Waals surface area contributed by atoms with E-state index in [1.807, 2.05) is 27.9 Å². The summed E-state index contributed by atoms with van der Waals surface area (Å²) < 4.78 is 43.9. The van der Waals surface area contributed by atoms with Gasteiger partial charge in [0.1, 0.15) is 5.69 Å². The maximum absolute atomic E-state index is 13.5. The molecule has 2 aromatic heterocycles. The van der Waals surface area contributed by atoms with Crippen molar-refractivity contribution in [3.8, 4) is 16.9 Å². The number of aromatic nitrogens is 5. The molecule has 0 atom stereocenters. The molecule has 0 saturated carbocycles. The van der Waals surface area contributed by atoms with E-state index in [-0.39, 0.29) is 11.3 Å². The lowest BCUT2D eigenvalue weighted by atomic mass is 10.0. The average Bonchev–Trinajstić information content (AvgIpc) is 3.48. The van der Waals surface area contributed by atoms with Gasteiger partial charge in [-0.1, -0.05) is 11.3 Å². The molecule has 0 aliphatic rings. The molecule has 0 radical (unpaired) electrons. The SMILES string of the molecule is CNCCCCc1cc(NC(=O)c2ccc(C)c(-n3cc(-c4cnn(C)c4C)nn3)c2)cc(C(F)(F)F)c1. The summed E-state index contributed by atoms with van der Waals surface area (Å²) in [5, 5.41) is 18.4. The number of amides is 1. The van der Waals surface area contributed by atoms with Gasteiger partial charge >= 0.3 is 6.18 Å². The van der Waals surface area contributed by atoms with Crippen LogP contribution in [0.4, 0.5) is 18.9 Å². The molecule has 0 fully saturated rings. The van der Waals surface area contributed by atoms with Gasteiger partial charge < -0.3 is 10.6 Å². The fraction of sp³-hybridized carbons (Fsp3) is 0.333. The lowest BCUT2D eigenvalue weighted by Crippen LogP contribution is -2.15. The number of rotatable bonds is 9. The Morgan fingerprint density at radius 1 is 1.08 bits per heavy atom. The van der Waals surface area contributed by atoms with E-state index in [9.17, 15) is 18.0 Å². The molecule has 11 heteroatoms. The minimum atomic E-state index is -4.52. The summed E-state index contributed by atoms with van der Waals surface area (Å²) in [6.07, 6.45) is 0.995. The molecule has 200 valence electrons. The first-order valence-corrected chi connectivity index (χ1v) is 12.3. The molecule has 0 unspecified atom stereocenters. The van der Waals surface area contributed by atoms with E-state index >= 15 is 0 Å². The van der Waals surface area contributed by atoms with Crippen LogP contribution in [-0.4, -0.2) is 44.3 Å². The first kappa shape index (κ1) is 27.1. The van der Waals surface area contributed by atoms with Crippen LogP contribution in [0, 0.1) is 13.8 Å². The highest BCUT2D eigenvalue weighted by molar-refractivity contribution is 6.04. The topological polar surface area (TPSA) is 89.7 Å². The Morgan fingerprint density at radius 2 is 1.87 bits per heavy atom. The number of carbonyl (C=O) groups excluding carboxylic acids is 1. The molecular formula is C27H30F3N7O. The van der Waals surface area contributed by atoms with E-state index in [2.05, 4.69) is 26.0 Å². The molecule has 0 bridgehead atoms. The maximum Gasteiger partial charge on any atom is 0.416 e. The molecule has 4 aromatic rings. The van der Waals surface area contributed by atoms with Crippen LogP contribution in [0.3, 0.4) is 0 Å². The second-order valence-electron chi connectivity index (χ2n) is 9.25. The van der Waals surface area contributed by atoms with E-state index in [1.165, 1.54) is 0 Å². The highest BCUT2D eigenvalue weighted by Gasteiger charge is 2.31. The van der Waals surface area contributed by atoms with Gasteiger partial charge in [-0.2, -0.15) is 18.3 Å². The van der Waals surface area contributed by atoms with Crippen molar-refractivity contribution in [2.45, 2.75) is 39.3 Å². The van der Waals surface area contributed by atoms with E-state index < -0.39 is 17.6 Å². The van der Waals surface area contributed by atoms with Crippen molar-refractivity contribution in [3.05, 3.63) is 76.7 Å². The van der Waals surface area contributed by atoms with Crippen LogP contribution in [-0.2, 0) is 19.6 Å². The van der Waals surface area contributed by atoms with Crippen LogP contribution in [0.5, 0.6) is 0 Å². The molecule has 0 spiro atoms. The van der Waals surface area contributed by atoms with Gasteiger partial charge in [0.15, 0.2) is 0 Å². The Kier molecular flexibility index (Phi) is 7.96. The van der Waals surface area contributed by atoms with Crippen LogP contribution < -0.4 is 10.6 Å². The summed E-state index contributed by atoms with van der Waals surface area (Å²) >= 11 is 0. The number of hydrogen-bond donors (Lipinski definition) is 2. The Hall–Kier alpha value is -3.99. The summed E-state index contributed by atoms with van der Waals surface area (Å²) in [5.74, 6) is -0.518. The molecule has 4 rings (SSSR count). The zero-order valence-corrected chi connectivity index (χ0v) is 21.7. The van der Waals surface area contributed by atoms with Crippen molar-refractivity contribution >= 4 is 11.6 Å². The minimum absolute atomic E-state index is 0.102. The molecular weight excluding hydrogens is 495 g/mol. The van der Waals surface area contributed by atoms with E-state index in [0.29, 0.717) is 23.4 Å². The summed E-state index contributed by atoms with van der Waals surface area (Å²) in [4.78, 5) is 13.1. The molecule has 2 N–H and O–H groups in total. The number of anilines is 1. The largest absolute Gasteiger partial charge is 0.416 e. The van der Waals surface area contributed by atoms with Crippen molar-refractivity contribution in [2.24, 2.45) is 7.05 Å². The number of alkyl halides is 3. The lowest BCUT2D eigenvalue weighted by molar-refractivity contribution is -0.137. The zero-order valence-electron chi connectivity index (χ0n) is 21.7. The molecule has 0 aliphatic carbocycles. The maximum atomic E-state index is 13.5. The Bertz CT molecular complexity index is 1440. The summed E-state index contributed by atoms with van der Waals surface area (Å²) in [6.45, 7) is 4.59. The zero-order chi connectivity index (χ0) is 27.4. The standard InChI is InChI=1S/C27H30F3N7O/c1-17-8-9-20(13-25(17)37-16-24(34-35-37)23-15-32-36(4)18(23)2)26(38)33-22-12-19(7-5-6-10-31-3)11-21(14-22)27(28,29)30/h8-9,11-16,31H,5-7,10H2,1-4H3,(H,33,38). The van der Waals surface area contributed by atoms with Gasteiger partial charge in [-0.25, -0.2) is 4.68 Å². The highest BCUT2D eigenvalue weighted by Crippen LogP contribution is 2.32. The molecule has 8 nitrogen and oxygen atoms in total. The Morgan fingerprint density at radius 3 is 2.55 bits per heavy atom. The third-order valence-corrected chi connectivity index (χ3v) is 6.44. The molecule has 2 aromatic carbocycles. The lowest BCUT2D eigenvalue weighted by Gasteiger charge is -2.14. The number of aryl methyl sites for hydroxylation is 3. The van der Waals surface area contributed by atoms with Gasteiger partial charge in [0.25, 0.3) is 5.91 Å². The normalized spacial score (nSPS) is 11.7. The van der Waals surface area contributed by atoms with E-state index in [0.717, 1.165) is 48.3 Å². The second kappa shape index (κ2) is 11.2. The number of hydrogen-bond acceptors (Lipinski definition) is 5. The minimum Gasteiger partial charge on any atom is -0.322 e. The van der Waals surface area contributed by atoms with Gasteiger partial charge in [0.05, 0.1) is 23.6 Å². The third kappa shape index (κ3) is 6.10. The summed E-state index contributed by atoms with van der Waals surface area (Å²) in [7, 11) is 3.67. The monoisotopic (exact) mass is 525 g/mol. The number of unbranched alkanes of at least 4 members (excludes halogenated alkanes) is 1. The first-order chi connectivity index (χ1) is 18.1. The first-order valence-electron chi connectivity index (χ1n) is 12.3. The number of halogens is 3. The van der Waals surface area contributed by atoms with Gasteiger partial charge in [-0.3, -0.25) is 9.48 Å². The molecule has 1 amide bonds. The van der Waals surface area contributed by atoms with Gasteiger partial charge in [-0.05, 0) is 88.2 Å². The van der Waals surface area contributed by atoms with Crippen LogP contribution in [0.15, 0.2) is 48.8 Å².